The molecule has 0 aromatic heterocycles. The molecule has 0 amide bonds. The molecular formula is C23H28N4O3S. The van der Waals surface area contributed by atoms with Crippen molar-refractivity contribution in [2.75, 3.05) is 7.11 Å². The number of benzene rings is 1. The molecule has 0 saturated carbocycles. The van der Waals surface area contributed by atoms with Crippen LogP contribution in [0.2, 0.25) is 0 Å². The highest BCUT2D eigenvalue weighted by Crippen LogP contribution is 2.33. The lowest BCUT2D eigenvalue weighted by molar-refractivity contribution is -0.140. The van der Waals surface area contributed by atoms with Crippen molar-refractivity contribution in [3.8, 4) is 17.1 Å². The molecule has 0 saturated heterocycles. The molecule has 1 aromatic rings. The minimum absolute atomic E-state index is 0.133. The summed E-state index contributed by atoms with van der Waals surface area (Å²) in [6, 6.07) is 9.43. The average molecular weight is 441 g/mol. The van der Waals surface area contributed by atoms with E-state index in [4.69, 9.17) is 9.72 Å². The Balaban J connectivity index is 1.84. The lowest BCUT2D eigenvalue weighted by Gasteiger charge is -2.20. The molecule has 1 aromatic carbocycles. The first-order chi connectivity index (χ1) is 15.1. The van der Waals surface area contributed by atoms with Crippen LogP contribution < -0.4 is 5.56 Å². The highest BCUT2D eigenvalue weighted by Gasteiger charge is 2.29. The number of rotatable bonds is 7. The zero-order valence-electron chi connectivity index (χ0n) is 18.0. The molecule has 4 rings (SSSR count). The van der Waals surface area contributed by atoms with Crippen LogP contribution in [0.5, 0.6) is 0 Å². The van der Waals surface area contributed by atoms with Crippen LogP contribution in [0, 0.1) is 0 Å². The number of unbranched alkanes of at least 4 members (excludes halogenated alkanes) is 1. The molecule has 7 nitrogen and oxygen atoms in total. The van der Waals surface area contributed by atoms with Gasteiger partial charge in [-0.15, -0.1) is 5.10 Å². The summed E-state index contributed by atoms with van der Waals surface area (Å²) in [7, 11) is 1.43. The van der Waals surface area contributed by atoms with E-state index in [9.17, 15) is 9.59 Å². The van der Waals surface area contributed by atoms with Gasteiger partial charge in [0.05, 0.1) is 12.8 Å². The first-order valence-electron chi connectivity index (χ1n) is 11.0. The van der Waals surface area contributed by atoms with Gasteiger partial charge in [-0.2, -0.15) is 4.68 Å². The maximum absolute atomic E-state index is 13.3. The molecule has 164 valence electrons. The van der Waals surface area contributed by atoms with E-state index in [1.807, 2.05) is 30.3 Å². The number of thioether (sulfide) groups is 1. The summed E-state index contributed by atoms with van der Waals surface area (Å²) in [5.74, 6) is 0.214. The van der Waals surface area contributed by atoms with Gasteiger partial charge in [-0.1, -0.05) is 56.1 Å². The Morgan fingerprint density at radius 2 is 2.03 bits per heavy atom. The van der Waals surface area contributed by atoms with Crippen LogP contribution >= 0.6 is 11.8 Å². The fourth-order valence-electron chi connectivity index (χ4n) is 4.06. The molecular weight excluding hydrogens is 412 g/mol. The van der Waals surface area contributed by atoms with Gasteiger partial charge in [-0.05, 0) is 37.8 Å². The maximum atomic E-state index is 13.3. The summed E-state index contributed by atoms with van der Waals surface area (Å²) in [6.45, 7) is 2.90. The number of esters is 1. The maximum Gasteiger partial charge on any atom is 0.319 e. The number of fused-ring (bicyclic) bond motifs is 3. The quantitative estimate of drug-likeness (QED) is 0.313. The van der Waals surface area contributed by atoms with Crippen LogP contribution in [0.4, 0.5) is 0 Å². The fraction of sp³-hybridized carbons (Fsp3) is 0.478. The van der Waals surface area contributed by atoms with Crippen molar-refractivity contribution >= 4 is 17.7 Å². The van der Waals surface area contributed by atoms with E-state index in [1.165, 1.54) is 23.6 Å². The Morgan fingerprint density at radius 3 is 2.77 bits per heavy atom. The monoisotopic (exact) mass is 440 g/mol. The van der Waals surface area contributed by atoms with Gasteiger partial charge >= 0.3 is 5.97 Å². The first kappa shape index (κ1) is 21.6. The van der Waals surface area contributed by atoms with E-state index in [-0.39, 0.29) is 16.8 Å². The van der Waals surface area contributed by atoms with E-state index < -0.39 is 0 Å². The van der Waals surface area contributed by atoms with E-state index in [1.54, 1.807) is 0 Å². The molecule has 3 heterocycles. The number of hydrogen-bond donors (Lipinski definition) is 0. The van der Waals surface area contributed by atoms with E-state index in [2.05, 4.69) is 16.6 Å². The molecule has 3 aliphatic heterocycles. The highest BCUT2D eigenvalue weighted by molar-refractivity contribution is 8.00. The van der Waals surface area contributed by atoms with Crippen molar-refractivity contribution in [3.63, 3.8) is 0 Å². The van der Waals surface area contributed by atoms with Crippen LogP contribution in [0.3, 0.4) is 0 Å². The van der Waals surface area contributed by atoms with Gasteiger partial charge in [-0.3, -0.25) is 9.59 Å². The summed E-state index contributed by atoms with van der Waals surface area (Å²) in [6.07, 6.45) is 6.63. The van der Waals surface area contributed by atoms with Gasteiger partial charge in [0, 0.05) is 12.2 Å². The number of hydrogen-bond acceptors (Lipinski definition) is 6. The number of aromatic nitrogens is 4. The number of carbonyl (C=O) groups is 1. The third-order valence-electron chi connectivity index (χ3n) is 5.70. The van der Waals surface area contributed by atoms with E-state index in [0.717, 1.165) is 68.0 Å². The van der Waals surface area contributed by atoms with E-state index in [0.29, 0.717) is 11.4 Å². The Labute approximate surface area is 186 Å². The lowest BCUT2D eigenvalue weighted by atomic mass is 10.1. The summed E-state index contributed by atoms with van der Waals surface area (Å²) < 4.78 is 8.63. The minimum Gasteiger partial charge on any atom is -0.468 e. The number of ether oxygens (including phenoxy) is 1. The smallest absolute Gasteiger partial charge is 0.319 e. The Hall–Kier alpha value is -2.61. The first-order valence-corrected chi connectivity index (χ1v) is 11.8. The molecule has 0 bridgehead atoms. The molecule has 1 atom stereocenters. The van der Waals surface area contributed by atoms with Gasteiger partial charge in [0.15, 0.2) is 11.0 Å². The van der Waals surface area contributed by atoms with Crippen LogP contribution in [0.25, 0.3) is 17.1 Å². The predicted molar refractivity (Wildman–Crippen MR) is 121 cm³/mol. The van der Waals surface area contributed by atoms with Crippen molar-refractivity contribution in [1.82, 2.24) is 19.3 Å². The van der Waals surface area contributed by atoms with Crippen molar-refractivity contribution in [3.05, 3.63) is 46.4 Å². The lowest BCUT2D eigenvalue weighted by Crippen LogP contribution is -2.22. The van der Waals surface area contributed by atoms with Crippen molar-refractivity contribution < 1.29 is 9.53 Å². The van der Waals surface area contributed by atoms with Gasteiger partial charge in [0.1, 0.15) is 10.8 Å². The summed E-state index contributed by atoms with van der Waals surface area (Å²) in [5, 5.41) is 4.99. The highest BCUT2D eigenvalue weighted by atomic mass is 32.2. The van der Waals surface area contributed by atoms with Gasteiger partial charge < -0.3 is 9.30 Å². The Bertz CT molecular complexity index is 1080. The molecule has 31 heavy (non-hydrogen) atoms. The molecule has 1 unspecified atom stereocenters. The molecule has 0 aliphatic carbocycles. The van der Waals surface area contributed by atoms with Gasteiger partial charge in [-0.25, -0.2) is 4.98 Å². The summed E-state index contributed by atoms with van der Waals surface area (Å²) in [4.78, 5) is 30.5. The van der Waals surface area contributed by atoms with Crippen molar-refractivity contribution in [1.29, 1.82) is 0 Å². The molecule has 0 fully saturated rings. The summed E-state index contributed by atoms with van der Waals surface area (Å²) in [5.41, 5.74) is 2.17. The Kier molecular flexibility index (Phi) is 6.75. The standard InChI is InChI=1S/C23H28N4O3S/c1-3-4-14-18(22(29)30-2)31-23-24-20-19(17-13-9-6-10-15-26(17)23)21(28)27(25-20)16-11-7-5-8-12-16/h5,7-8,11-12,18H,3-4,6,9-10,13-15H2,1-2H3. The average Bonchev–Trinajstić information content (AvgIpc) is 2.96. The zero-order chi connectivity index (χ0) is 21.8. The van der Waals surface area contributed by atoms with Crippen LogP contribution in [-0.2, 0) is 22.5 Å². The number of methoxy groups -OCH3 is 1. The number of carbonyl (C=O) groups excluding carboxylic acids is 1. The van der Waals surface area contributed by atoms with Crippen molar-refractivity contribution in [2.45, 2.75) is 68.8 Å². The van der Waals surface area contributed by atoms with Crippen LogP contribution in [-0.4, -0.2) is 37.7 Å². The molecule has 3 aliphatic rings. The number of nitrogens with zero attached hydrogens (tertiary/aromatic N) is 4. The van der Waals surface area contributed by atoms with Crippen LogP contribution in [0.1, 0.15) is 51.1 Å². The summed E-state index contributed by atoms with van der Waals surface area (Å²) >= 11 is 1.44. The second-order valence-electron chi connectivity index (χ2n) is 7.83. The largest absolute Gasteiger partial charge is 0.468 e. The molecule has 8 heteroatoms. The van der Waals surface area contributed by atoms with E-state index >= 15 is 0 Å². The third-order valence-corrected chi connectivity index (χ3v) is 6.93. The third kappa shape index (κ3) is 4.39. The normalized spacial score (nSPS) is 14.8. The molecule has 0 radical (unpaired) electrons. The predicted octanol–water partition coefficient (Wildman–Crippen LogP) is 4.08. The second-order valence-corrected chi connectivity index (χ2v) is 9.00. The van der Waals surface area contributed by atoms with Gasteiger partial charge in [0.25, 0.3) is 5.56 Å². The topological polar surface area (TPSA) is 79.0 Å². The second kappa shape index (κ2) is 9.68. The minimum atomic E-state index is -0.322. The SMILES string of the molecule is CCCCC(Sc1nc2nn(-c3ccccc3)c(=O)c-2c2n1CCCCC2)C(=O)OC. The molecule has 0 N–H and O–H groups in total. The van der Waals surface area contributed by atoms with Crippen LogP contribution in [0.15, 0.2) is 40.3 Å². The zero-order valence-corrected chi connectivity index (χ0v) is 18.9. The van der Waals surface area contributed by atoms with Gasteiger partial charge in [0.2, 0.25) is 0 Å². The van der Waals surface area contributed by atoms with Crippen molar-refractivity contribution in [2.24, 2.45) is 0 Å². The number of para-hydroxylation sites is 1. The Morgan fingerprint density at radius 1 is 1.23 bits per heavy atom. The molecule has 0 spiro atoms. The fourth-order valence-corrected chi connectivity index (χ4v) is 5.26.